The van der Waals surface area contributed by atoms with Crippen LogP contribution in [0.2, 0.25) is 5.15 Å². The first-order chi connectivity index (χ1) is 18.4. The predicted octanol–water partition coefficient (Wildman–Crippen LogP) is 2.60. The summed E-state index contributed by atoms with van der Waals surface area (Å²) in [6, 6.07) is 13.4. The lowest BCUT2D eigenvalue weighted by atomic mass is 9.98. The largest absolute Gasteiger partial charge is 0.455 e. The maximum absolute atomic E-state index is 13.3. The molecular weight excluding hydrogens is 510 g/mol. The summed E-state index contributed by atoms with van der Waals surface area (Å²) >= 11 is 6.15. The van der Waals surface area contributed by atoms with Gasteiger partial charge in [-0.1, -0.05) is 54.1 Å². The van der Waals surface area contributed by atoms with E-state index in [-0.39, 0.29) is 17.5 Å². The molecule has 2 aromatic heterocycles. The van der Waals surface area contributed by atoms with E-state index in [2.05, 4.69) is 38.5 Å². The first-order valence-electron chi connectivity index (χ1n) is 12.2. The van der Waals surface area contributed by atoms with Gasteiger partial charge in [0, 0.05) is 6.92 Å². The summed E-state index contributed by atoms with van der Waals surface area (Å²) in [5.41, 5.74) is 6.32. The molecule has 0 unspecified atom stereocenters. The van der Waals surface area contributed by atoms with Crippen molar-refractivity contribution in [1.29, 1.82) is 0 Å². The summed E-state index contributed by atoms with van der Waals surface area (Å²) < 4.78 is 13.3. The first-order valence-corrected chi connectivity index (χ1v) is 12.6. The van der Waals surface area contributed by atoms with Crippen molar-refractivity contribution in [2.45, 2.75) is 44.2 Å². The van der Waals surface area contributed by atoms with E-state index in [4.69, 9.17) is 21.1 Å². The van der Waals surface area contributed by atoms with E-state index in [1.165, 1.54) is 30.7 Å². The Labute approximate surface area is 222 Å². The highest BCUT2D eigenvalue weighted by atomic mass is 35.5. The number of esters is 1. The van der Waals surface area contributed by atoms with Crippen molar-refractivity contribution >= 4 is 34.6 Å². The molecule has 10 nitrogen and oxygen atoms in total. The zero-order valence-corrected chi connectivity index (χ0v) is 21.1. The van der Waals surface area contributed by atoms with Crippen LogP contribution in [0.3, 0.4) is 0 Å². The average molecular weight is 534 g/mol. The molecule has 6 rings (SSSR count). The van der Waals surface area contributed by atoms with Gasteiger partial charge in [0.2, 0.25) is 5.91 Å². The third-order valence-corrected chi connectivity index (χ3v) is 7.32. The summed E-state index contributed by atoms with van der Waals surface area (Å²) in [6.07, 6.45) is 0.928. The van der Waals surface area contributed by atoms with E-state index in [1.54, 1.807) is 4.57 Å². The molecular formula is C27H24ClN5O5. The Hall–Kier alpha value is -3.86. The number of carbonyl (C=O) groups excluding carboxylic acids is 2. The lowest BCUT2D eigenvalue weighted by Crippen LogP contribution is -2.50. The summed E-state index contributed by atoms with van der Waals surface area (Å²) in [6.45, 7) is 0.871. The van der Waals surface area contributed by atoms with Gasteiger partial charge in [-0.15, -0.1) is 0 Å². The fourth-order valence-corrected chi connectivity index (χ4v) is 5.59. The molecule has 4 aromatic rings. The molecule has 0 spiro atoms. The minimum absolute atomic E-state index is 0.125. The lowest BCUT2D eigenvalue weighted by molar-refractivity contribution is -0.153. The van der Waals surface area contributed by atoms with Crippen LogP contribution in [-0.2, 0) is 31.9 Å². The highest BCUT2D eigenvalue weighted by Gasteiger charge is 2.49. The smallest absolute Gasteiger partial charge is 0.303 e. The fourth-order valence-electron chi connectivity index (χ4n) is 5.42. The van der Waals surface area contributed by atoms with Crippen molar-refractivity contribution in [1.82, 2.24) is 24.8 Å². The van der Waals surface area contributed by atoms with E-state index in [0.717, 1.165) is 23.1 Å². The Morgan fingerprint density at radius 1 is 1.16 bits per heavy atom. The summed E-state index contributed by atoms with van der Waals surface area (Å²) in [4.78, 5) is 37.8. The van der Waals surface area contributed by atoms with Crippen LogP contribution in [0.1, 0.15) is 29.8 Å². The molecule has 1 aliphatic heterocycles. The Kier molecular flexibility index (Phi) is 6.30. The van der Waals surface area contributed by atoms with Crippen molar-refractivity contribution in [2.24, 2.45) is 0 Å². The van der Waals surface area contributed by atoms with E-state index in [0.29, 0.717) is 11.2 Å². The van der Waals surface area contributed by atoms with Crippen LogP contribution in [0.5, 0.6) is 0 Å². The second-order valence-corrected chi connectivity index (χ2v) is 9.72. The van der Waals surface area contributed by atoms with Crippen molar-refractivity contribution < 1.29 is 24.2 Å². The van der Waals surface area contributed by atoms with Gasteiger partial charge in [-0.25, -0.2) is 15.0 Å². The highest BCUT2D eigenvalue weighted by molar-refractivity contribution is 6.33. The molecule has 0 bridgehead atoms. The number of benzene rings is 2. The van der Waals surface area contributed by atoms with E-state index in [1.807, 2.05) is 24.3 Å². The number of halogens is 1. The standard InChI is InChI=1S/C27H24ClN5O5/c1-14(35)37-24-22(20(11-34)38-27(24)33-13-31-23-25(28)29-12-30-26(23)33)32-21(36)10-16-6-4-8-18-17-7-3-2-5-15(17)9-19(16)18/h2-8,12-13,20,22,24,27,34H,9-11H2,1H3,(H,32,36)/t20-,22-,24-,27-/m0/s1. The van der Waals surface area contributed by atoms with Crippen LogP contribution in [0.4, 0.5) is 0 Å². The number of carbonyl (C=O) groups is 2. The quantitative estimate of drug-likeness (QED) is 0.252. The molecule has 1 amide bonds. The lowest BCUT2D eigenvalue weighted by Gasteiger charge is -2.25. The molecule has 194 valence electrons. The average Bonchev–Trinajstić information content (AvgIpc) is 3.59. The maximum Gasteiger partial charge on any atom is 0.303 e. The maximum atomic E-state index is 13.3. The van der Waals surface area contributed by atoms with Gasteiger partial charge in [-0.05, 0) is 34.2 Å². The topological polar surface area (TPSA) is 128 Å². The zero-order chi connectivity index (χ0) is 26.4. The SMILES string of the molecule is CC(=O)O[C@H]1[C@@H](NC(=O)Cc2cccc3c2Cc2ccccc2-3)[C@H](CO)O[C@@H]1n1cnc2c(Cl)ncnc21. The number of nitrogens with one attached hydrogen (secondary N) is 1. The monoisotopic (exact) mass is 533 g/mol. The molecule has 2 aliphatic rings. The molecule has 38 heavy (non-hydrogen) atoms. The number of aliphatic hydroxyl groups is 1. The Bertz CT molecular complexity index is 1560. The normalized spacial score (nSPS) is 21.8. The van der Waals surface area contributed by atoms with Crippen LogP contribution in [0.15, 0.2) is 55.1 Å². The molecule has 1 saturated heterocycles. The predicted molar refractivity (Wildman–Crippen MR) is 137 cm³/mol. The van der Waals surface area contributed by atoms with Gasteiger partial charge in [-0.2, -0.15) is 0 Å². The Balaban J connectivity index is 1.27. The van der Waals surface area contributed by atoms with E-state index in [9.17, 15) is 14.7 Å². The van der Waals surface area contributed by atoms with Gasteiger partial charge in [0.1, 0.15) is 17.9 Å². The number of amides is 1. The summed E-state index contributed by atoms with van der Waals surface area (Å²) in [7, 11) is 0. The van der Waals surface area contributed by atoms with Crippen LogP contribution < -0.4 is 5.32 Å². The second-order valence-electron chi connectivity index (χ2n) is 9.36. The van der Waals surface area contributed by atoms with Crippen molar-refractivity contribution in [2.75, 3.05) is 6.61 Å². The van der Waals surface area contributed by atoms with Gasteiger partial charge in [0.25, 0.3) is 0 Å². The van der Waals surface area contributed by atoms with Gasteiger partial charge < -0.3 is 19.9 Å². The van der Waals surface area contributed by atoms with Crippen molar-refractivity contribution in [3.05, 3.63) is 77.0 Å². The molecule has 2 aromatic carbocycles. The third-order valence-electron chi connectivity index (χ3n) is 7.05. The van der Waals surface area contributed by atoms with Crippen molar-refractivity contribution in [3.63, 3.8) is 0 Å². The second kappa shape index (κ2) is 9.79. The first kappa shape index (κ1) is 24.5. The number of aromatic nitrogens is 4. The van der Waals surface area contributed by atoms with Crippen molar-refractivity contribution in [3.8, 4) is 11.1 Å². The minimum Gasteiger partial charge on any atom is -0.455 e. The number of ether oxygens (including phenoxy) is 2. The zero-order valence-electron chi connectivity index (χ0n) is 20.4. The summed E-state index contributed by atoms with van der Waals surface area (Å²) in [5, 5.41) is 13.2. The Morgan fingerprint density at radius 3 is 2.79 bits per heavy atom. The van der Waals surface area contributed by atoms with Gasteiger partial charge >= 0.3 is 5.97 Å². The van der Waals surface area contributed by atoms with Crippen LogP contribution in [-0.4, -0.2) is 61.4 Å². The van der Waals surface area contributed by atoms with Gasteiger partial charge in [0.15, 0.2) is 23.1 Å². The molecule has 4 atom stereocenters. The molecule has 2 N–H and O–H groups in total. The van der Waals surface area contributed by atoms with Gasteiger partial charge in [0.05, 0.1) is 25.4 Å². The summed E-state index contributed by atoms with van der Waals surface area (Å²) in [5.74, 6) is -0.836. The molecule has 0 radical (unpaired) electrons. The number of rotatable bonds is 6. The molecule has 3 heterocycles. The highest BCUT2D eigenvalue weighted by Crippen LogP contribution is 2.38. The fraction of sp³-hybridized carbons (Fsp3) is 0.296. The van der Waals surface area contributed by atoms with Gasteiger partial charge in [-0.3, -0.25) is 14.2 Å². The molecule has 1 aliphatic carbocycles. The number of fused-ring (bicyclic) bond motifs is 4. The minimum atomic E-state index is -0.953. The van der Waals surface area contributed by atoms with Crippen LogP contribution in [0, 0.1) is 0 Å². The van der Waals surface area contributed by atoms with Crippen LogP contribution >= 0.6 is 11.6 Å². The third kappa shape index (κ3) is 4.20. The number of imidazole rings is 1. The Morgan fingerprint density at radius 2 is 1.97 bits per heavy atom. The van der Waals surface area contributed by atoms with E-state index < -0.39 is 37.1 Å². The molecule has 0 saturated carbocycles. The molecule has 1 fully saturated rings. The number of nitrogens with zero attached hydrogens (tertiary/aromatic N) is 4. The number of hydrogen-bond donors (Lipinski definition) is 2. The number of aliphatic hydroxyl groups excluding tert-OH is 1. The molecule has 11 heteroatoms. The number of hydrogen-bond acceptors (Lipinski definition) is 8. The van der Waals surface area contributed by atoms with E-state index >= 15 is 0 Å². The van der Waals surface area contributed by atoms with Crippen LogP contribution in [0.25, 0.3) is 22.3 Å².